The lowest BCUT2D eigenvalue weighted by Gasteiger charge is -2.09. The maximum Gasteiger partial charge on any atom is 0.332 e. The molecule has 3 rings (SSSR count). The smallest absolute Gasteiger partial charge is 0.332 e. The van der Waals surface area contributed by atoms with Gasteiger partial charge in [0.1, 0.15) is 11.4 Å². The largest absolute Gasteiger partial charge is 0.493 e. The number of alkyl halides is 2. The Morgan fingerprint density at radius 1 is 1.52 bits per heavy atom. The number of hydrogen-bond donors (Lipinski definition) is 2. The Morgan fingerprint density at radius 2 is 2.28 bits per heavy atom. The molecule has 1 amide bonds. The molecule has 0 atom stereocenters. The van der Waals surface area contributed by atoms with Gasteiger partial charge in [0.15, 0.2) is 17.2 Å². The number of carbonyl (C=O) groups excluding carboxylic acids is 1. The summed E-state index contributed by atoms with van der Waals surface area (Å²) < 4.78 is 32.0. The number of hydrogen-bond acceptors (Lipinski definition) is 6. The first-order valence-electron chi connectivity index (χ1n) is 7.50. The van der Waals surface area contributed by atoms with Gasteiger partial charge in [0, 0.05) is 18.3 Å². The molecule has 0 aromatic carbocycles. The predicted molar refractivity (Wildman–Crippen MR) is 86.2 cm³/mol. The molecule has 0 radical (unpaired) electrons. The molecule has 1 fully saturated rings. The zero-order valence-corrected chi connectivity index (χ0v) is 13.3. The van der Waals surface area contributed by atoms with Crippen LogP contribution < -0.4 is 11.1 Å². The molecular formula is C15H16F2N6O2. The summed E-state index contributed by atoms with van der Waals surface area (Å²) in [6.45, 7) is -2.95. The molecule has 1 aliphatic rings. The van der Waals surface area contributed by atoms with Crippen molar-refractivity contribution in [3.63, 3.8) is 0 Å². The molecule has 8 nitrogen and oxygen atoms in total. The van der Waals surface area contributed by atoms with Crippen LogP contribution in [0.25, 0.3) is 5.65 Å². The topological polar surface area (TPSA) is 107 Å². The van der Waals surface area contributed by atoms with E-state index in [9.17, 15) is 13.6 Å². The molecule has 0 bridgehead atoms. The molecule has 132 valence electrons. The van der Waals surface area contributed by atoms with Crippen molar-refractivity contribution in [3.8, 4) is 0 Å². The van der Waals surface area contributed by atoms with E-state index in [4.69, 9.17) is 10.5 Å². The summed E-state index contributed by atoms with van der Waals surface area (Å²) in [5.41, 5.74) is 5.79. The van der Waals surface area contributed by atoms with Gasteiger partial charge in [-0.25, -0.2) is 15.0 Å². The highest BCUT2D eigenvalue weighted by Gasteiger charge is 2.30. The number of nitrogens with zero attached hydrogens (tertiary/aromatic N) is 4. The van der Waals surface area contributed by atoms with Crippen LogP contribution in [0.3, 0.4) is 0 Å². The number of fused-ring (bicyclic) bond motifs is 1. The van der Waals surface area contributed by atoms with E-state index in [2.05, 4.69) is 20.3 Å². The van der Waals surface area contributed by atoms with E-state index in [0.29, 0.717) is 11.5 Å². The molecule has 0 saturated heterocycles. The minimum Gasteiger partial charge on any atom is -0.493 e. The summed E-state index contributed by atoms with van der Waals surface area (Å²) in [5.74, 6) is 0.297. The van der Waals surface area contributed by atoms with E-state index in [1.54, 1.807) is 10.6 Å². The second-order valence-corrected chi connectivity index (χ2v) is 5.42. The van der Waals surface area contributed by atoms with Crippen molar-refractivity contribution in [1.29, 1.82) is 0 Å². The molecule has 3 N–H and O–H groups in total. The van der Waals surface area contributed by atoms with Gasteiger partial charge in [0.25, 0.3) is 0 Å². The summed E-state index contributed by atoms with van der Waals surface area (Å²) in [5, 5.41) is 2.71. The lowest BCUT2D eigenvalue weighted by molar-refractivity contribution is -0.117. The van der Waals surface area contributed by atoms with Crippen molar-refractivity contribution in [2.75, 3.05) is 12.4 Å². The number of halogens is 2. The first-order chi connectivity index (χ1) is 12.0. The Labute approximate surface area is 141 Å². The van der Waals surface area contributed by atoms with Crippen LogP contribution in [0.5, 0.6) is 0 Å². The number of allylic oxidation sites excluding steroid dienone is 1. The Bertz CT molecular complexity index is 857. The standard InChI is InChI=1S/C15H16F2N6O2/c1-25-10(4-18)13(22-15(16)17)9-6-23-7-11(20-12(23)5-19-9)21-14(24)8-2-3-8/h4-8,15H,2-3,18H2,1H3,(H,21,24)/b10-4+,22-13+. The number of amides is 1. The summed E-state index contributed by atoms with van der Waals surface area (Å²) in [6, 6.07) is 0. The zero-order chi connectivity index (χ0) is 18.0. The van der Waals surface area contributed by atoms with Gasteiger partial charge in [0.05, 0.1) is 19.5 Å². The van der Waals surface area contributed by atoms with Crippen molar-refractivity contribution >= 4 is 23.1 Å². The highest BCUT2D eigenvalue weighted by molar-refractivity contribution is 6.10. The van der Waals surface area contributed by atoms with Crippen LogP contribution in [0, 0.1) is 5.92 Å². The Morgan fingerprint density at radius 3 is 2.88 bits per heavy atom. The number of methoxy groups -OCH3 is 1. The van der Waals surface area contributed by atoms with E-state index in [0.717, 1.165) is 19.0 Å². The number of aliphatic imine (C=N–C) groups is 1. The monoisotopic (exact) mass is 350 g/mol. The van der Waals surface area contributed by atoms with Crippen molar-refractivity contribution < 1.29 is 18.3 Å². The van der Waals surface area contributed by atoms with E-state index in [1.165, 1.54) is 19.5 Å². The van der Waals surface area contributed by atoms with E-state index >= 15 is 0 Å². The first kappa shape index (κ1) is 16.8. The molecule has 0 spiro atoms. The van der Waals surface area contributed by atoms with Crippen LogP contribution in [0.2, 0.25) is 0 Å². The molecule has 0 aliphatic heterocycles. The van der Waals surface area contributed by atoms with Gasteiger partial charge in [-0.3, -0.25) is 4.79 Å². The first-order valence-corrected chi connectivity index (χ1v) is 7.50. The Kier molecular flexibility index (Phi) is 4.59. The number of aromatic nitrogens is 3. The van der Waals surface area contributed by atoms with Gasteiger partial charge in [0.2, 0.25) is 5.91 Å². The van der Waals surface area contributed by atoms with Crippen LogP contribution in [0.4, 0.5) is 14.6 Å². The van der Waals surface area contributed by atoms with Crippen LogP contribution in [-0.4, -0.2) is 39.6 Å². The normalized spacial score (nSPS) is 15.7. The predicted octanol–water partition coefficient (Wildman–Crippen LogP) is 1.54. The molecule has 2 heterocycles. The van der Waals surface area contributed by atoms with Crippen LogP contribution in [0.1, 0.15) is 18.5 Å². The number of nitrogens with two attached hydrogens (primary N) is 1. The quantitative estimate of drug-likeness (QED) is 0.467. The number of nitrogens with one attached hydrogen (secondary N) is 1. The van der Waals surface area contributed by atoms with Crippen LogP contribution in [0.15, 0.2) is 35.5 Å². The number of carbonyl (C=O) groups is 1. The van der Waals surface area contributed by atoms with Gasteiger partial charge < -0.3 is 20.2 Å². The molecule has 1 aliphatic carbocycles. The number of anilines is 1. The third-order valence-corrected chi connectivity index (χ3v) is 3.61. The van der Waals surface area contributed by atoms with Gasteiger partial charge in [-0.15, -0.1) is 0 Å². The summed E-state index contributed by atoms with van der Waals surface area (Å²) in [6.07, 6.45) is 7.20. The summed E-state index contributed by atoms with van der Waals surface area (Å²) in [7, 11) is 1.29. The van der Waals surface area contributed by atoms with E-state index in [1.807, 2.05) is 0 Å². The molecule has 2 aromatic rings. The molecule has 2 aromatic heterocycles. The Hall–Kier alpha value is -3.04. The minimum absolute atomic E-state index is 0.0328. The molecular weight excluding hydrogens is 334 g/mol. The maximum absolute atomic E-state index is 12.7. The van der Waals surface area contributed by atoms with Crippen LogP contribution in [-0.2, 0) is 9.53 Å². The fraction of sp³-hybridized carbons (Fsp3) is 0.333. The lowest BCUT2D eigenvalue weighted by atomic mass is 10.2. The van der Waals surface area contributed by atoms with E-state index < -0.39 is 6.55 Å². The summed E-state index contributed by atoms with van der Waals surface area (Å²) in [4.78, 5) is 23.3. The van der Waals surface area contributed by atoms with Gasteiger partial charge in [-0.1, -0.05) is 0 Å². The molecule has 10 heteroatoms. The minimum atomic E-state index is -2.95. The fourth-order valence-electron chi connectivity index (χ4n) is 2.25. The third-order valence-electron chi connectivity index (χ3n) is 3.61. The van der Waals surface area contributed by atoms with E-state index in [-0.39, 0.29) is 29.0 Å². The molecule has 0 unspecified atom stereocenters. The summed E-state index contributed by atoms with van der Waals surface area (Å²) >= 11 is 0. The van der Waals surface area contributed by atoms with Crippen LogP contribution >= 0.6 is 0 Å². The SMILES string of the molecule is COC(=C/N)/C(=N/C(F)F)c1cn2cc(NC(=O)C3CC3)nc2cn1. The second-order valence-electron chi connectivity index (χ2n) is 5.42. The van der Waals surface area contributed by atoms with Crippen molar-refractivity contribution in [3.05, 3.63) is 36.2 Å². The highest BCUT2D eigenvalue weighted by Crippen LogP contribution is 2.30. The van der Waals surface area contributed by atoms with Gasteiger partial charge in [-0.2, -0.15) is 8.78 Å². The third kappa shape index (κ3) is 3.73. The fourth-order valence-corrected chi connectivity index (χ4v) is 2.25. The Balaban J connectivity index is 1.94. The average Bonchev–Trinajstić information content (AvgIpc) is 3.35. The van der Waals surface area contributed by atoms with Crippen molar-refractivity contribution in [2.45, 2.75) is 19.4 Å². The highest BCUT2D eigenvalue weighted by atomic mass is 19.3. The number of rotatable bonds is 6. The van der Waals surface area contributed by atoms with Crippen molar-refractivity contribution in [2.24, 2.45) is 16.6 Å². The molecule has 25 heavy (non-hydrogen) atoms. The number of ether oxygens (including phenoxy) is 1. The number of imidazole rings is 1. The van der Waals surface area contributed by atoms with Gasteiger partial charge in [-0.05, 0) is 12.8 Å². The average molecular weight is 350 g/mol. The zero-order valence-electron chi connectivity index (χ0n) is 13.3. The molecule has 1 saturated carbocycles. The lowest BCUT2D eigenvalue weighted by Crippen LogP contribution is -2.13. The maximum atomic E-state index is 12.7. The van der Waals surface area contributed by atoms with Crippen molar-refractivity contribution in [1.82, 2.24) is 14.4 Å². The van der Waals surface area contributed by atoms with Gasteiger partial charge >= 0.3 is 6.55 Å². The second kappa shape index (κ2) is 6.83.